The molecule has 2 aliphatic heterocycles. The van der Waals surface area contributed by atoms with E-state index in [1.807, 2.05) is 30.3 Å². The summed E-state index contributed by atoms with van der Waals surface area (Å²) in [6, 6.07) is 9.17. The Morgan fingerprint density at radius 1 is 1.43 bits per heavy atom. The molecule has 1 unspecified atom stereocenters. The summed E-state index contributed by atoms with van der Waals surface area (Å²) in [5.41, 5.74) is 0.430. The molecule has 21 heavy (non-hydrogen) atoms. The normalized spacial score (nSPS) is 34.6. The fourth-order valence-corrected chi connectivity index (χ4v) is 4.17. The quantitative estimate of drug-likeness (QED) is 0.337. The molecule has 2 bridgehead atoms. The van der Waals surface area contributed by atoms with Crippen LogP contribution in [0.3, 0.4) is 0 Å². The number of fused-ring (bicyclic) bond motifs is 2. The molecule has 4 nitrogen and oxygen atoms in total. The van der Waals surface area contributed by atoms with Crippen LogP contribution in [-0.4, -0.2) is 42.1 Å². The number of hydrogen-bond acceptors (Lipinski definition) is 4. The molecule has 4 atom stereocenters. The number of esters is 1. The van der Waals surface area contributed by atoms with Crippen LogP contribution in [-0.2, 0) is 25.6 Å². The Kier molecular flexibility index (Phi) is 4.56. The summed E-state index contributed by atoms with van der Waals surface area (Å²) >= 11 is 2.27. The van der Waals surface area contributed by atoms with Gasteiger partial charge in [0.15, 0.2) is 0 Å². The third kappa shape index (κ3) is 3.12. The molecule has 0 amide bonds. The number of alkyl halides is 1. The van der Waals surface area contributed by atoms with Gasteiger partial charge in [0.25, 0.3) is 0 Å². The van der Waals surface area contributed by atoms with Gasteiger partial charge >= 0.3 is 5.97 Å². The van der Waals surface area contributed by atoms with Crippen molar-refractivity contribution in [3.05, 3.63) is 35.9 Å². The van der Waals surface area contributed by atoms with Crippen molar-refractivity contribution in [1.29, 1.82) is 0 Å². The molecule has 2 radical (unpaired) electrons. The SMILES string of the molecule is [B][C@@H]1O[C@@]2(CC(=O)OCc3ccccc3)CCOC1[C@H]2I. The molecule has 0 saturated carbocycles. The van der Waals surface area contributed by atoms with Gasteiger partial charge in [-0.25, -0.2) is 0 Å². The van der Waals surface area contributed by atoms with E-state index in [1.165, 1.54) is 0 Å². The Balaban J connectivity index is 1.59. The molecular weight excluding hydrogens is 382 g/mol. The van der Waals surface area contributed by atoms with Crippen LogP contribution >= 0.6 is 22.6 Å². The largest absolute Gasteiger partial charge is 0.461 e. The van der Waals surface area contributed by atoms with Crippen molar-refractivity contribution in [2.75, 3.05) is 6.61 Å². The second-order valence-corrected chi connectivity index (χ2v) is 6.80. The number of rotatable bonds is 4. The molecule has 2 saturated heterocycles. The molecule has 2 heterocycles. The minimum atomic E-state index is -0.545. The van der Waals surface area contributed by atoms with E-state index in [-0.39, 0.29) is 29.0 Å². The van der Waals surface area contributed by atoms with Crippen molar-refractivity contribution < 1.29 is 19.0 Å². The van der Waals surface area contributed by atoms with Gasteiger partial charge in [0.1, 0.15) is 14.5 Å². The average molecular weight is 398 g/mol. The van der Waals surface area contributed by atoms with Crippen LogP contribution in [0, 0.1) is 0 Å². The molecule has 3 rings (SSSR count). The molecule has 2 aliphatic rings. The highest BCUT2D eigenvalue weighted by Crippen LogP contribution is 2.45. The maximum atomic E-state index is 12.1. The zero-order chi connectivity index (χ0) is 14.9. The summed E-state index contributed by atoms with van der Waals surface area (Å²) in [6.07, 6.45) is 0.757. The van der Waals surface area contributed by atoms with Gasteiger partial charge in [-0.1, -0.05) is 52.9 Å². The van der Waals surface area contributed by atoms with E-state index >= 15 is 0 Å². The summed E-state index contributed by atoms with van der Waals surface area (Å²) < 4.78 is 16.9. The standard InChI is InChI=1S/C15H16BIO4/c16-14-12-13(17)15(21-14,6-7-19-12)8-11(18)20-9-10-4-2-1-3-5-10/h1-5,12-14H,6-9H2/t12?,13-,14-,15-/m1/s1. The first-order chi connectivity index (χ1) is 10.1. The third-order valence-corrected chi connectivity index (χ3v) is 5.85. The Labute approximate surface area is 139 Å². The summed E-state index contributed by atoms with van der Waals surface area (Å²) in [7, 11) is 5.93. The van der Waals surface area contributed by atoms with Crippen LogP contribution in [0.4, 0.5) is 0 Å². The van der Waals surface area contributed by atoms with Gasteiger partial charge in [0.2, 0.25) is 0 Å². The van der Waals surface area contributed by atoms with Crippen molar-refractivity contribution in [2.45, 2.75) is 41.1 Å². The van der Waals surface area contributed by atoms with Gasteiger partial charge in [-0.3, -0.25) is 4.79 Å². The highest BCUT2D eigenvalue weighted by atomic mass is 127. The highest BCUT2D eigenvalue weighted by molar-refractivity contribution is 14.1. The van der Waals surface area contributed by atoms with E-state index in [2.05, 4.69) is 22.6 Å². The summed E-state index contributed by atoms with van der Waals surface area (Å²) in [5, 5.41) is 0. The minimum Gasteiger partial charge on any atom is -0.461 e. The first kappa shape index (κ1) is 15.3. The molecule has 0 aliphatic carbocycles. The van der Waals surface area contributed by atoms with Crippen LogP contribution in [0.1, 0.15) is 18.4 Å². The zero-order valence-corrected chi connectivity index (χ0v) is 13.7. The van der Waals surface area contributed by atoms with Crippen LogP contribution in [0.15, 0.2) is 30.3 Å². The van der Waals surface area contributed by atoms with E-state index in [0.29, 0.717) is 13.0 Å². The van der Waals surface area contributed by atoms with Crippen molar-refractivity contribution in [2.24, 2.45) is 0 Å². The smallest absolute Gasteiger partial charge is 0.309 e. The van der Waals surface area contributed by atoms with E-state index in [1.54, 1.807) is 0 Å². The molecule has 0 N–H and O–H groups in total. The van der Waals surface area contributed by atoms with Crippen LogP contribution in [0.2, 0.25) is 0 Å². The lowest BCUT2D eigenvalue weighted by Crippen LogP contribution is -2.47. The third-order valence-electron chi connectivity index (χ3n) is 4.01. The van der Waals surface area contributed by atoms with Crippen LogP contribution < -0.4 is 0 Å². The average Bonchev–Trinajstić information content (AvgIpc) is 2.62. The van der Waals surface area contributed by atoms with Gasteiger partial charge in [-0.15, -0.1) is 0 Å². The van der Waals surface area contributed by atoms with Crippen molar-refractivity contribution in [3.8, 4) is 0 Å². The molecule has 0 spiro atoms. The molecule has 6 heteroatoms. The molecule has 1 aromatic rings. The molecule has 2 fully saturated rings. The molecule has 1 aromatic carbocycles. The predicted octanol–water partition coefficient (Wildman–Crippen LogP) is 1.98. The van der Waals surface area contributed by atoms with Gasteiger partial charge in [-0.2, -0.15) is 0 Å². The lowest BCUT2D eigenvalue weighted by molar-refractivity contribution is -0.152. The second-order valence-electron chi connectivity index (χ2n) is 5.46. The van der Waals surface area contributed by atoms with Crippen molar-refractivity contribution >= 4 is 36.4 Å². The van der Waals surface area contributed by atoms with E-state index in [9.17, 15) is 4.79 Å². The van der Waals surface area contributed by atoms with Crippen LogP contribution in [0.5, 0.6) is 0 Å². The van der Waals surface area contributed by atoms with E-state index in [0.717, 1.165) is 5.56 Å². The lowest BCUT2D eigenvalue weighted by Gasteiger charge is -2.35. The van der Waals surface area contributed by atoms with Gasteiger partial charge in [-0.05, 0) is 5.56 Å². The molecule has 0 aromatic heterocycles. The highest BCUT2D eigenvalue weighted by Gasteiger charge is 2.56. The maximum absolute atomic E-state index is 12.1. The number of benzene rings is 1. The number of carbonyl (C=O) groups excluding carboxylic acids is 1. The van der Waals surface area contributed by atoms with Gasteiger partial charge in [0, 0.05) is 19.0 Å². The number of halogens is 1. The fraction of sp³-hybridized carbons (Fsp3) is 0.533. The summed E-state index contributed by atoms with van der Waals surface area (Å²) in [5.74, 6) is -0.254. The Bertz CT molecular complexity index is 512. The second kappa shape index (κ2) is 6.26. The first-order valence-electron chi connectivity index (χ1n) is 6.99. The maximum Gasteiger partial charge on any atom is 0.309 e. The Hall–Kier alpha value is -0.595. The fourth-order valence-electron chi connectivity index (χ4n) is 2.87. The molecular formula is C15H16BIO4. The van der Waals surface area contributed by atoms with Crippen molar-refractivity contribution in [1.82, 2.24) is 0 Å². The van der Waals surface area contributed by atoms with E-state index in [4.69, 9.17) is 22.1 Å². The first-order valence-corrected chi connectivity index (χ1v) is 8.24. The minimum absolute atomic E-state index is 0.0723. The van der Waals surface area contributed by atoms with Gasteiger partial charge in [0.05, 0.1) is 22.1 Å². The topological polar surface area (TPSA) is 44.8 Å². The predicted molar refractivity (Wildman–Crippen MR) is 86.4 cm³/mol. The molecule has 110 valence electrons. The number of ether oxygens (including phenoxy) is 3. The summed E-state index contributed by atoms with van der Waals surface area (Å²) in [4.78, 5) is 12.1. The number of carbonyl (C=O) groups is 1. The zero-order valence-electron chi connectivity index (χ0n) is 11.5. The van der Waals surface area contributed by atoms with Crippen LogP contribution in [0.25, 0.3) is 0 Å². The Morgan fingerprint density at radius 2 is 2.19 bits per heavy atom. The number of hydrogen-bond donors (Lipinski definition) is 0. The lowest BCUT2D eigenvalue weighted by atomic mass is 9.86. The Morgan fingerprint density at radius 3 is 2.95 bits per heavy atom. The van der Waals surface area contributed by atoms with E-state index < -0.39 is 11.6 Å². The summed E-state index contributed by atoms with van der Waals surface area (Å²) in [6.45, 7) is 0.859. The van der Waals surface area contributed by atoms with Crippen molar-refractivity contribution in [3.63, 3.8) is 0 Å². The monoisotopic (exact) mass is 398 g/mol. The van der Waals surface area contributed by atoms with Gasteiger partial charge < -0.3 is 14.2 Å².